The van der Waals surface area contributed by atoms with Crippen LogP contribution >= 0.6 is 0 Å². The molecule has 0 N–H and O–H groups in total. The van der Waals surface area contributed by atoms with Crippen molar-refractivity contribution in [2.45, 2.75) is 58.0 Å². The monoisotopic (exact) mass is 182 g/mol. The third-order valence-electron chi connectivity index (χ3n) is 2.57. The Morgan fingerprint density at radius 2 is 2.08 bits per heavy atom. The predicted octanol–water partition coefficient (Wildman–Crippen LogP) is 3.69. The van der Waals surface area contributed by atoms with Gasteiger partial charge in [0.05, 0.1) is 6.10 Å². The third-order valence-corrected chi connectivity index (χ3v) is 2.57. The van der Waals surface area contributed by atoms with E-state index < -0.39 is 0 Å². The lowest BCUT2D eigenvalue weighted by Crippen LogP contribution is -2.14. The van der Waals surface area contributed by atoms with E-state index in [0.717, 1.165) is 6.61 Å². The van der Waals surface area contributed by atoms with Crippen LogP contribution < -0.4 is 0 Å². The minimum Gasteiger partial charge on any atom is -0.378 e. The van der Waals surface area contributed by atoms with Gasteiger partial charge in [0, 0.05) is 6.61 Å². The minimum absolute atomic E-state index is 0.538. The van der Waals surface area contributed by atoms with Crippen molar-refractivity contribution in [3.63, 3.8) is 0 Å². The van der Waals surface area contributed by atoms with E-state index in [2.05, 4.69) is 19.1 Å². The average Bonchev–Trinajstić information content (AvgIpc) is 2.08. The molecule has 0 aliphatic heterocycles. The van der Waals surface area contributed by atoms with Gasteiger partial charge in [0.2, 0.25) is 0 Å². The van der Waals surface area contributed by atoms with Crippen molar-refractivity contribution in [1.29, 1.82) is 0 Å². The molecule has 1 nitrogen and oxygen atoms in total. The van der Waals surface area contributed by atoms with Gasteiger partial charge >= 0.3 is 0 Å². The van der Waals surface area contributed by atoms with E-state index in [0.29, 0.717) is 6.10 Å². The number of allylic oxidation sites excluding steroid dienone is 2. The predicted molar refractivity (Wildman–Crippen MR) is 56.9 cm³/mol. The quantitative estimate of drug-likeness (QED) is 0.476. The van der Waals surface area contributed by atoms with Gasteiger partial charge < -0.3 is 4.74 Å². The lowest BCUT2D eigenvalue weighted by Gasteiger charge is -2.18. The summed E-state index contributed by atoms with van der Waals surface area (Å²) in [5.74, 6) is 0. The summed E-state index contributed by atoms with van der Waals surface area (Å²) < 4.78 is 5.82. The van der Waals surface area contributed by atoms with Crippen LogP contribution in [0.3, 0.4) is 0 Å². The summed E-state index contributed by atoms with van der Waals surface area (Å²) in [6, 6.07) is 0. The fourth-order valence-electron chi connectivity index (χ4n) is 1.69. The highest BCUT2D eigenvalue weighted by Crippen LogP contribution is 2.15. The molecule has 0 aromatic rings. The van der Waals surface area contributed by atoms with Crippen molar-refractivity contribution in [2.24, 2.45) is 0 Å². The summed E-state index contributed by atoms with van der Waals surface area (Å²) in [6.07, 6.45) is 13.8. The molecular weight excluding hydrogens is 160 g/mol. The molecule has 0 heterocycles. The zero-order valence-corrected chi connectivity index (χ0v) is 8.80. The minimum atomic E-state index is 0.538. The molecule has 1 aliphatic rings. The van der Waals surface area contributed by atoms with Gasteiger partial charge in [0.15, 0.2) is 0 Å². The van der Waals surface area contributed by atoms with Crippen molar-refractivity contribution < 1.29 is 4.74 Å². The summed E-state index contributed by atoms with van der Waals surface area (Å²) in [4.78, 5) is 0. The smallest absolute Gasteiger partial charge is 0.0578 e. The van der Waals surface area contributed by atoms with Gasteiger partial charge in [-0.2, -0.15) is 0 Å². The molecule has 0 fully saturated rings. The Bertz CT molecular complexity index is 140. The largest absolute Gasteiger partial charge is 0.378 e. The van der Waals surface area contributed by atoms with E-state index in [4.69, 9.17) is 4.74 Å². The Balaban J connectivity index is 2.12. The SMILES string of the molecule is CCCCOC1CC/C=C/CCC1. The molecule has 13 heavy (non-hydrogen) atoms. The molecule has 0 amide bonds. The second-order valence-corrected chi connectivity index (χ2v) is 3.83. The van der Waals surface area contributed by atoms with E-state index >= 15 is 0 Å². The Labute approximate surface area is 82.2 Å². The van der Waals surface area contributed by atoms with E-state index in [9.17, 15) is 0 Å². The maximum atomic E-state index is 5.82. The summed E-state index contributed by atoms with van der Waals surface area (Å²) in [7, 11) is 0. The van der Waals surface area contributed by atoms with Gasteiger partial charge in [-0.1, -0.05) is 25.5 Å². The van der Waals surface area contributed by atoms with Crippen LogP contribution in [0.5, 0.6) is 0 Å². The number of hydrogen-bond acceptors (Lipinski definition) is 1. The number of ether oxygens (including phenoxy) is 1. The Kier molecular flexibility index (Phi) is 5.92. The number of rotatable bonds is 4. The van der Waals surface area contributed by atoms with Crippen LogP contribution in [0.15, 0.2) is 12.2 Å². The first-order valence-corrected chi connectivity index (χ1v) is 5.70. The van der Waals surface area contributed by atoms with Gasteiger partial charge in [-0.3, -0.25) is 0 Å². The Morgan fingerprint density at radius 3 is 2.92 bits per heavy atom. The first-order chi connectivity index (χ1) is 6.43. The van der Waals surface area contributed by atoms with Gasteiger partial charge in [0.25, 0.3) is 0 Å². The first-order valence-electron chi connectivity index (χ1n) is 5.70. The lowest BCUT2D eigenvalue weighted by atomic mass is 10.0. The van der Waals surface area contributed by atoms with Crippen molar-refractivity contribution in [3.05, 3.63) is 12.2 Å². The van der Waals surface area contributed by atoms with Crippen molar-refractivity contribution in [3.8, 4) is 0 Å². The van der Waals surface area contributed by atoms with E-state index in [-0.39, 0.29) is 0 Å². The zero-order valence-electron chi connectivity index (χ0n) is 8.80. The summed E-state index contributed by atoms with van der Waals surface area (Å²) >= 11 is 0. The van der Waals surface area contributed by atoms with Gasteiger partial charge in [-0.15, -0.1) is 0 Å². The van der Waals surface area contributed by atoms with Crippen molar-refractivity contribution in [1.82, 2.24) is 0 Å². The van der Waals surface area contributed by atoms with Crippen LogP contribution in [-0.2, 0) is 4.74 Å². The molecule has 0 aromatic carbocycles. The van der Waals surface area contributed by atoms with Gasteiger partial charge in [-0.25, -0.2) is 0 Å². The molecule has 1 rings (SSSR count). The maximum Gasteiger partial charge on any atom is 0.0578 e. The topological polar surface area (TPSA) is 9.23 Å². The standard InChI is InChI=1S/C12H22O/c1-2-3-11-13-12-9-7-5-4-6-8-10-12/h4-5,12H,2-3,6-11H2,1H3/b5-4+. The molecule has 1 unspecified atom stereocenters. The summed E-state index contributed by atoms with van der Waals surface area (Å²) in [5.41, 5.74) is 0. The van der Waals surface area contributed by atoms with Crippen LogP contribution in [-0.4, -0.2) is 12.7 Å². The number of unbranched alkanes of at least 4 members (excludes halogenated alkanes) is 1. The highest BCUT2D eigenvalue weighted by molar-refractivity contribution is 4.85. The normalized spacial score (nSPS) is 26.4. The van der Waals surface area contributed by atoms with Crippen LogP contribution in [0.4, 0.5) is 0 Å². The zero-order chi connectivity index (χ0) is 9.36. The molecule has 1 atom stereocenters. The fraction of sp³-hybridized carbons (Fsp3) is 0.833. The van der Waals surface area contributed by atoms with Crippen LogP contribution in [0.1, 0.15) is 51.9 Å². The van der Waals surface area contributed by atoms with Crippen LogP contribution in [0, 0.1) is 0 Å². The highest BCUT2D eigenvalue weighted by Gasteiger charge is 2.08. The fourth-order valence-corrected chi connectivity index (χ4v) is 1.69. The summed E-state index contributed by atoms with van der Waals surface area (Å²) in [6.45, 7) is 3.18. The highest BCUT2D eigenvalue weighted by atomic mass is 16.5. The molecular formula is C12H22O. The number of hydrogen-bond donors (Lipinski definition) is 0. The molecule has 76 valence electrons. The average molecular weight is 182 g/mol. The molecule has 0 saturated carbocycles. The third kappa shape index (κ3) is 5.09. The Morgan fingerprint density at radius 1 is 1.23 bits per heavy atom. The molecule has 0 radical (unpaired) electrons. The van der Waals surface area contributed by atoms with Gasteiger partial charge in [-0.05, 0) is 38.5 Å². The molecule has 0 aromatic heterocycles. The Hall–Kier alpha value is -0.300. The van der Waals surface area contributed by atoms with Crippen molar-refractivity contribution in [2.75, 3.05) is 6.61 Å². The molecule has 0 bridgehead atoms. The lowest BCUT2D eigenvalue weighted by molar-refractivity contribution is 0.0388. The second-order valence-electron chi connectivity index (χ2n) is 3.83. The van der Waals surface area contributed by atoms with E-state index in [1.165, 1.54) is 44.9 Å². The second kappa shape index (κ2) is 7.14. The molecule has 1 heteroatoms. The van der Waals surface area contributed by atoms with E-state index in [1.807, 2.05) is 0 Å². The maximum absolute atomic E-state index is 5.82. The molecule has 0 saturated heterocycles. The molecule has 1 aliphatic carbocycles. The van der Waals surface area contributed by atoms with Crippen molar-refractivity contribution >= 4 is 0 Å². The van der Waals surface area contributed by atoms with Gasteiger partial charge in [0.1, 0.15) is 0 Å². The molecule has 0 spiro atoms. The van der Waals surface area contributed by atoms with Crippen LogP contribution in [0.25, 0.3) is 0 Å². The summed E-state index contributed by atoms with van der Waals surface area (Å²) in [5, 5.41) is 0. The van der Waals surface area contributed by atoms with Crippen LogP contribution in [0.2, 0.25) is 0 Å². The van der Waals surface area contributed by atoms with E-state index in [1.54, 1.807) is 0 Å². The first kappa shape index (κ1) is 10.8.